The molecule has 0 aromatic rings. The van der Waals surface area contributed by atoms with Gasteiger partial charge in [0.15, 0.2) is 0 Å². The number of rotatable bonds is 5. The maximum Gasteiger partial charge on any atom is 0.307 e. The van der Waals surface area contributed by atoms with Crippen LogP contribution in [0.25, 0.3) is 0 Å². The molecular formula is C6H6F8. The van der Waals surface area contributed by atoms with E-state index in [4.69, 9.17) is 0 Å². The van der Waals surface area contributed by atoms with Gasteiger partial charge in [-0.15, -0.1) is 0 Å². The Bertz CT molecular complexity index is 155. The van der Waals surface area contributed by atoms with Gasteiger partial charge in [0.05, 0.1) is 0 Å². The van der Waals surface area contributed by atoms with Crippen molar-refractivity contribution in [2.45, 2.75) is 37.5 Å². The zero-order valence-corrected chi connectivity index (χ0v) is 6.59. The van der Waals surface area contributed by atoms with Gasteiger partial charge in [0, 0.05) is 12.8 Å². The topological polar surface area (TPSA) is 0 Å². The zero-order chi connectivity index (χ0) is 11.6. The van der Waals surface area contributed by atoms with Crippen LogP contribution in [0.4, 0.5) is 35.1 Å². The third-order valence-electron chi connectivity index (χ3n) is 1.43. The summed E-state index contributed by atoms with van der Waals surface area (Å²) in [6, 6.07) is 0. The van der Waals surface area contributed by atoms with E-state index in [0.717, 1.165) is 0 Å². The van der Waals surface area contributed by atoms with Crippen LogP contribution in [0.1, 0.15) is 12.8 Å². The first-order valence-corrected chi connectivity index (χ1v) is 3.41. The van der Waals surface area contributed by atoms with Crippen molar-refractivity contribution in [1.82, 2.24) is 0 Å². The maximum absolute atomic E-state index is 12.0. The van der Waals surface area contributed by atoms with E-state index in [0.29, 0.717) is 0 Å². The molecule has 0 rings (SSSR count). The third-order valence-corrected chi connectivity index (χ3v) is 1.43. The lowest BCUT2D eigenvalue weighted by molar-refractivity contribution is -0.172. The van der Waals surface area contributed by atoms with Gasteiger partial charge in [0.25, 0.3) is 0 Å². The van der Waals surface area contributed by atoms with E-state index in [1.807, 2.05) is 0 Å². The molecule has 0 saturated heterocycles. The molecule has 0 nitrogen and oxygen atoms in total. The summed E-state index contributed by atoms with van der Waals surface area (Å²) in [6.45, 7) is 0. The first-order chi connectivity index (χ1) is 6.09. The fraction of sp³-hybridized carbons (Fsp3) is 1.00. The lowest BCUT2D eigenvalue weighted by atomic mass is 10.1. The van der Waals surface area contributed by atoms with Crippen LogP contribution in [0, 0.1) is 0 Å². The molecule has 14 heavy (non-hydrogen) atoms. The molecule has 8 heteroatoms. The van der Waals surface area contributed by atoms with E-state index in [9.17, 15) is 35.1 Å². The largest absolute Gasteiger partial charge is 0.307 e. The van der Waals surface area contributed by atoms with Gasteiger partial charge in [-0.3, -0.25) is 0 Å². The molecule has 0 saturated carbocycles. The van der Waals surface area contributed by atoms with Crippen LogP contribution >= 0.6 is 0 Å². The zero-order valence-electron chi connectivity index (χ0n) is 6.59. The van der Waals surface area contributed by atoms with Gasteiger partial charge >= 0.3 is 24.7 Å². The minimum atomic E-state index is -4.65. The number of hydrogen-bond donors (Lipinski definition) is 0. The molecule has 0 aliphatic heterocycles. The highest BCUT2D eigenvalue weighted by atomic mass is 19.3. The van der Waals surface area contributed by atoms with Crippen molar-refractivity contribution in [2.24, 2.45) is 0 Å². The van der Waals surface area contributed by atoms with E-state index < -0.39 is 37.5 Å². The molecule has 0 aliphatic carbocycles. The standard InChI is InChI=1S/C6H6F8/c7-3(8)5(11,12)1-2-6(13,14)4(9)10/h3-4H,1-2H2. The van der Waals surface area contributed by atoms with Gasteiger partial charge in [0.1, 0.15) is 0 Å². The summed E-state index contributed by atoms with van der Waals surface area (Å²) in [5, 5.41) is 0. The van der Waals surface area contributed by atoms with Crippen LogP contribution in [0.3, 0.4) is 0 Å². The summed E-state index contributed by atoms with van der Waals surface area (Å²) in [6.07, 6.45) is -12.2. The van der Waals surface area contributed by atoms with Gasteiger partial charge in [0.2, 0.25) is 0 Å². The van der Waals surface area contributed by atoms with Gasteiger partial charge in [-0.2, -0.15) is 0 Å². The third kappa shape index (κ3) is 3.67. The van der Waals surface area contributed by atoms with Crippen LogP contribution in [0.5, 0.6) is 0 Å². The summed E-state index contributed by atoms with van der Waals surface area (Å²) < 4.78 is 93.7. The minimum absolute atomic E-state index is 1.97. The van der Waals surface area contributed by atoms with Crippen molar-refractivity contribution in [3.05, 3.63) is 0 Å². The van der Waals surface area contributed by atoms with Crippen molar-refractivity contribution < 1.29 is 35.1 Å². The highest BCUT2D eigenvalue weighted by Gasteiger charge is 2.47. The highest BCUT2D eigenvalue weighted by molar-refractivity contribution is 4.76. The fourth-order valence-corrected chi connectivity index (χ4v) is 0.552. The molecule has 0 radical (unpaired) electrons. The summed E-state index contributed by atoms with van der Waals surface area (Å²) in [5.41, 5.74) is 0. The average molecular weight is 230 g/mol. The molecular weight excluding hydrogens is 224 g/mol. The Hall–Kier alpha value is -0.560. The monoisotopic (exact) mass is 230 g/mol. The van der Waals surface area contributed by atoms with Crippen molar-refractivity contribution in [2.75, 3.05) is 0 Å². The van der Waals surface area contributed by atoms with E-state index in [-0.39, 0.29) is 0 Å². The Morgan fingerprint density at radius 2 is 0.857 bits per heavy atom. The Kier molecular flexibility index (Phi) is 4.14. The van der Waals surface area contributed by atoms with Crippen molar-refractivity contribution in [3.63, 3.8) is 0 Å². The number of halogens is 8. The van der Waals surface area contributed by atoms with Gasteiger partial charge in [-0.05, 0) is 0 Å². The second-order valence-corrected chi connectivity index (χ2v) is 2.62. The quantitative estimate of drug-likeness (QED) is 0.633. The number of hydrogen-bond acceptors (Lipinski definition) is 0. The van der Waals surface area contributed by atoms with Crippen LogP contribution in [-0.4, -0.2) is 24.7 Å². The Morgan fingerprint density at radius 1 is 0.643 bits per heavy atom. The molecule has 0 spiro atoms. The molecule has 86 valence electrons. The molecule has 0 aromatic heterocycles. The van der Waals surface area contributed by atoms with E-state index in [1.54, 1.807) is 0 Å². The normalized spacial score (nSPS) is 14.1. The second kappa shape index (κ2) is 4.31. The molecule has 0 heterocycles. The van der Waals surface area contributed by atoms with Crippen molar-refractivity contribution in [3.8, 4) is 0 Å². The van der Waals surface area contributed by atoms with Gasteiger partial charge in [-0.25, -0.2) is 35.1 Å². The first kappa shape index (κ1) is 13.4. The summed E-state index contributed by atoms with van der Waals surface area (Å²) in [5.74, 6) is -9.31. The molecule has 0 bridgehead atoms. The molecule has 0 amide bonds. The summed E-state index contributed by atoms with van der Waals surface area (Å²) in [4.78, 5) is 0. The second-order valence-electron chi connectivity index (χ2n) is 2.62. The summed E-state index contributed by atoms with van der Waals surface area (Å²) in [7, 11) is 0. The van der Waals surface area contributed by atoms with Crippen LogP contribution in [-0.2, 0) is 0 Å². The molecule has 0 atom stereocenters. The molecule has 0 fully saturated rings. The Balaban J connectivity index is 4.18. The maximum atomic E-state index is 12.0. The van der Waals surface area contributed by atoms with Crippen molar-refractivity contribution >= 4 is 0 Å². The first-order valence-electron chi connectivity index (χ1n) is 3.41. The fourth-order valence-electron chi connectivity index (χ4n) is 0.552. The van der Waals surface area contributed by atoms with Gasteiger partial charge < -0.3 is 0 Å². The van der Waals surface area contributed by atoms with Gasteiger partial charge in [-0.1, -0.05) is 0 Å². The predicted molar refractivity (Wildman–Crippen MR) is 31.1 cm³/mol. The Labute approximate surface area is 73.9 Å². The highest BCUT2D eigenvalue weighted by Crippen LogP contribution is 2.35. The SMILES string of the molecule is FC(F)C(F)(F)CCC(F)(F)C(F)F. The van der Waals surface area contributed by atoms with E-state index >= 15 is 0 Å². The average Bonchev–Trinajstić information content (AvgIpc) is 2.01. The van der Waals surface area contributed by atoms with Crippen LogP contribution < -0.4 is 0 Å². The molecule has 0 unspecified atom stereocenters. The van der Waals surface area contributed by atoms with Crippen LogP contribution in [0.2, 0.25) is 0 Å². The predicted octanol–water partition coefficient (Wildman–Crippen LogP) is 3.57. The lowest BCUT2D eigenvalue weighted by Crippen LogP contribution is -2.33. The summed E-state index contributed by atoms with van der Waals surface area (Å²) >= 11 is 0. The lowest BCUT2D eigenvalue weighted by Gasteiger charge is -2.19. The van der Waals surface area contributed by atoms with E-state index in [2.05, 4.69) is 0 Å². The number of alkyl halides is 8. The smallest absolute Gasteiger partial charge is 0.204 e. The van der Waals surface area contributed by atoms with E-state index in [1.165, 1.54) is 0 Å². The molecule has 0 aliphatic rings. The minimum Gasteiger partial charge on any atom is -0.204 e. The molecule has 0 aromatic carbocycles. The molecule has 0 N–H and O–H groups in total. The van der Waals surface area contributed by atoms with Crippen LogP contribution in [0.15, 0.2) is 0 Å². The Morgan fingerprint density at radius 3 is 1.00 bits per heavy atom. The van der Waals surface area contributed by atoms with Crippen molar-refractivity contribution in [1.29, 1.82) is 0 Å².